The van der Waals surface area contributed by atoms with Crippen LogP contribution < -0.4 is 15.0 Å². The molecular weight excluding hydrogens is 466 g/mol. The maximum atomic E-state index is 12.4. The molecule has 0 radical (unpaired) electrons. The summed E-state index contributed by atoms with van der Waals surface area (Å²) in [5.41, 5.74) is 2.95. The number of para-hydroxylation sites is 1. The minimum Gasteiger partial charge on any atom is -0.493 e. The zero-order chi connectivity index (χ0) is 24.4. The maximum absolute atomic E-state index is 12.4. The Labute approximate surface area is 205 Å². The number of hydrogen-bond donors (Lipinski definition) is 1. The smallest absolute Gasteiger partial charge is 0.278 e. The predicted octanol–water partition coefficient (Wildman–Crippen LogP) is 4.77. The summed E-state index contributed by atoms with van der Waals surface area (Å²) in [6, 6.07) is 15.3. The van der Waals surface area contributed by atoms with Crippen molar-refractivity contribution >= 4 is 22.9 Å². The fourth-order valence-electron chi connectivity index (χ4n) is 3.68. The van der Waals surface area contributed by atoms with Gasteiger partial charge in [-0.2, -0.15) is 0 Å². The summed E-state index contributed by atoms with van der Waals surface area (Å²) in [5.74, 6) is 2.98. The number of methoxy groups -OCH3 is 1. The first-order valence-electron chi connectivity index (χ1n) is 11.0. The molecule has 0 saturated heterocycles. The van der Waals surface area contributed by atoms with Crippen LogP contribution >= 0.6 is 11.8 Å². The molecule has 0 unspecified atom stereocenters. The van der Waals surface area contributed by atoms with Crippen LogP contribution in [0.3, 0.4) is 0 Å². The molecule has 10 heteroatoms. The topological polar surface area (TPSA) is 108 Å². The fraction of sp³-hybridized carbons (Fsp3) is 0.200. The summed E-state index contributed by atoms with van der Waals surface area (Å²) >= 11 is 1.46. The van der Waals surface area contributed by atoms with E-state index in [1.807, 2.05) is 66.9 Å². The molecule has 3 heterocycles. The van der Waals surface area contributed by atoms with E-state index in [1.165, 1.54) is 18.1 Å². The number of aryl methyl sites for hydroxylation is 1. The van der Waals surface area contributed by atoms with Crippen molar-refractivity contribution in [3.05, 3.63) is 76.7 Å². The van der Waals surface area contributed by atoms with Crippen LogP contribution in [-0.2, 0) is 5.75 Å². The SMILES string of the molecule is CCOc1ccc(-c2nc(CSc3nc4c(=O)[nH]cnc4n3-c3ccccc3)c(C)o2)cc1OC. The second-order valence-corrected chi connectivity index (χ2v) is 8.52. The van der Waals surface area contributed by atoms with Gasteiger partial charge in [-0.1, -0.05) is 30.0 Å². The molecule has 5 aromatic rings. The number of ether oxygens (including phenoxy) is 2. The zero-order valence-electron chi connectivity index (χ0n) is 19.4. The Morgan fingerprint density at radius 1 is 1.11 bits per heavy atom. The van der Waals surface area contributed by atoms with Crippen LogP contribution in [0.2, 0.25) is 0 Å². The van der Waals surface area contributed by atoms with E-state index in [-0.39, 0.29) is 11.1 Å². The Hall–Kier alpha value is -4.05. The molecule has 0 amide bonds. The van der Waals surface area contributed by atoms with E-state index in [0.717, 1.165) is 16.9 Å². The van der Waals surface area contributed by atoms with Crippen LogP contribution in [0.15, 0.2) is 69.2 Å². The van der Waals surface area contributed by atoms with Gasteiger partial charge >= 0.3 is 0 Å². The van der Waals surface area contributed by atoms with Crippen molar-refractivity contribution in [2.24, 2.45) is 0 Å². The quantitative estimate of drug-likeness (QED) is 0.311. The summed E-state index contributed by atoms with van der Waals surface area (Å²) in [6.45, 7) is 4.35. The van der Waals surface area contributed by atoms with E-state index >= 15 is 0 Å². The number of benzene rings is 2. The van der Waals surface area contributed by atoms with Gasteiger partial charge in [-0.25, -0.2) is 15.0 Å². The van der Waals surface area contributed by atoms with Crippen LogP contribution in [-0.4, -0.2) is 38.2 Å². The van der Waals surface area contributed by atoms with Crippen molar-refractivity contribution in [2.75, 3.05) is 13.7 Å². The van der Waals surface area contributed by atoms with Gasteiger partial charge < -0.3 is 18.9 Å². The molecule has 0 atom stereocenters. The number of aromatic amines is 1. The van der Waals surface area contributed by atoms with Gasteiger partial charge in [-0.05, 0) is 44.2 Å². The predicted molar refractivity (Wildman–Crippen MR) is 133 cm³/mol. The molecule has 0 fully saturated rings. The highest BCUT2D eigenvalue weighted by atomic mass is 32.2. The first kappa shape index (κ1) is 22.7. The van der Waals surface area contributed by atoms with Crippen LogP contribution in [0.5, 0.6) is 11.5 Å². The molecule has 0 saturated carbocycles. The summed E-state index contributed by atoms with van der Waals surface area (Å²) in [4.78, 5) is 28.6. The standard InChI is InChI=1S/C25H23N5O4S/c1-4-33-19-11-10-16(12-20(19)32-3)24-28-18(15(2)34-24)13-35-25-29-21-22(26-14-27-23(21)31)30(25)17-8-6-5-7-9-17/h5-12,14H,4,13H2,1-3H3,(H,26,27,31). The van der Waals surface area contributed by atoms with E-state index in [0.29, 0.717) is 46.3 Å². The maximum Gasteiger partial charge on any atom is 0.278 e. The van der Waals surface area contributed by atoms with Gasteiger partial charge in [-0.3, -0.25) is 9.36 Å². The lowest BCUT2D eigenvalue weighted by Gasteiger charge is -2.09. The van der Waals surface area contributed by atoms with Crippen LogP contribution in [0, 0.1) is 6.92 Å². The number of fused-ring (bicyclic) bond motifs is 1. The normalized spacial score (nSPS) is 11.2. The molecule has 35 heavy (non-hydrogen) atoms. The van der Waals surface area contributed by atoms with Gasteiger partial charge in [0, 0.05) is 17.0 Å². The minimum atomic E-state index is -0.282. The van der Waals surface area contributed by atoms with E-state index in [1.54, 1.807) is 7.11 Å². The Balaban J connectivity index is 1.46. The zero-order valence-corrected chi connectivity index (χ0v) is 20.3. The van der Waals surface area contributed by atoms with Crippen LogP contribution in [0.4, 0.5) is 0 Å². The Morgan fingerprint density at radius 3 is 2.71 bits per heavy atom. The number of H-pyrrole nitrogens is 1. The molecule has 5 rings (SSSR count). The molecule has 0 aliphatic rings. The van der Waals surface area contributed by atoms with Gasteiger partial charge in [-0.15, -0.1) is 0 Å². The first-order valence-corrected chi connectivity index (χ1v) is 12.0. The highest BCUT2D eigenvalue weighted by Gasteiger charge is 2.19. The number of thioether (sulfide) groups is 1. The highest BCUT2D eigenvalue weighted by molar-refractivity contribution is 7.98. The number of hydrogen-bond acceptors (Lipinski definition) is 8. The van der Waals surface area contributed by atoms with Gasteiger partial charge in [0.05, 0.1) is 25.7 Å². The molecule has 1 N–H and O–H groups in total. The largest absolute Gasteiger partial charge is 0.493 e. The average molecular weight is 490 g/mol. The number of imidazole rings is 1. The molecule has 178 valence electrons. The molecule has 9 nitrogen and oxygen atoms in total. The monoisotopic (exact) mass is 489 g/mol. The van der Waals surface area contributed by atoms with Crippen molar-refractivity contribution in [3.8, 4) is 28.6 Å². The van der Waals surface area contributed by atoms with Crippen molar-refractivity contribution in [3.63, 3.8) is 0 Å². The Kier molecular flexibility index (Phi) is 6.28. The average Bonchev–Trinajstić information content (AvgIpc) is 3.44. The second-order valence-electron chi connectivity index (χ2n) is 7.58. The van der Waals surface area contributed by atoms with Gasteiger partial charge in [0.25, 0.3) is 5.56 Å². The third-order valence-electron chi connectivity index (χ3n) is 5.38. The van der Waals surface area contributed by atoms with E-state index in [2.05, 4.69) is 15.0 Å². The molecule has 0 aliphatic heterocycles. The van der Waals surface area contributed by atoms with Crippen molar-refractivity contribution in [1.29, 1.82) is 0 Å². The summed E-state index contributed by atoms with van der Waals surface area (Å²) < 4.78 is 18.9. The number of oxazole rings is 1. The first-order chi connectivity index (χ1) is 17.1. The number of rotatable bonds is 8. The molecule has 0 aliphatic carbocycles. The summed E-state index contributed by atoms with van der Waals surface area (Å²) in [5, 5.41) is 0.641. The third-order valence-corrected chi connectivity index (χ3v) is 6.33. The summed E-state index contributed by atoms with van der Waals surface area (Å²) in [7, 11) is 1.60. The highest BCUT2D eigenvalue weighted by Crippen LogP contribution is 2.34. The number of nitrogens with one attached hydrogen (secondary N) is 1. The Morgan fingerprint density at radius 2 is 1.94 bits per heavy atom. The van der Waals surface area contributed by atoms with Gasteiger partial charge in [0.2, 0.25) is 5.89 Å². The molecule has 0 spiro atoms. The van der Waals surface area contributed by atoms with E-state index in [9.17, 15) is 4.79 Å². The van der Waals surface area contributed by atoms with Crippen molar-refractivity contribution < 1.29 is 13.9 Å². The second kappa shape index (κ2) is 9.67. The molecular formula is C25H23N5O4S. The molecule has 0 bridgehead atoms. The minimum absolute atomic E-state index is 0.282. The van der Waals surface area contributed by atoms with E-state index < -0.39 is 0 Å². The van der Waals surface area contributed by atoms with E-state index in [4.69, 9.17) is 18.9 Å². The number of nitrogens with zero attached hydrogens (tertiary/aromatic N) is 4. The molecule has 2 aromatic carbocycles. The van der Waals surface area contributed by atoms with Crippen LogP contribution in [0.25, 0.3) is 28.3 Å². The lowest BCUT2D eigenvalue weighted by atomic mass is 10.2. The van der Waals surface area contributed by atoms with Crippen molar-refractivity contribution in [1.82, 2.24) is 24.5 Å². The van der Waals surface area contributed by atoms with Gasteiger partial charge in [0.15, 0.2) is 27.8 Å². The Bertz CT molecular complexity index is 1540. The lowest BCUT2D eigenvalue weighted by molar-refractivity contribution is 0.311. The fourth-order valence-corrected chi connectivity index (χ4v) is 4.69. The van der Waals surface area contributed by atoms with Crippen molar-refractivity contribution in [2.45, 2.75) is 24.8 Å². The third kappa shape index (κ3) is 4.40. The van der Waals surface area contributed by atoms with Gasteiger partial charge in [0.1, 0.15) is 5.76 Å². The molecule has 3 aromatic heterocycles. The lowest BCUT2D eigenvalue weighted by Crippen LogP contribution is -2.07. The number of aromatic nitrogens is 5. The van der Waals surface area contributed by atoms with Crippen LogP contribution in [0.1, 0.15) is 18.4 Å². The summed E-state index contributed by atoms with van der Waals surface area (Å²) in [6.07, 6.45) is 1.39.